The monoisotopic (exact) mass is 429 g/mol. The van der Waals surface area contributed by atoms with Gasteiger partial charge >= 0.3 is 0 Å². The van der Waals surface area contributed by atoms with Crippen molar-refractivity contribution in [1.29, 1.82) is 0 Å². The Morgan fingerprint density at radius 3 is 2.41 bits per heavy atom. The number of nitrogens with one attached hydrogen (secondary N) is 1. The van der Waals surface area contributed by atoms with Crippen molar-refractivity contribution in [3.8, 4) is 11.5 Å². The average Bonchev–Trinajstić information content (AvgIpc) is 2.54. The number of ether oxygens (including phenoxy) is 2. The van der Waals surface area contributed by atoms with Gasteiger partial charge in [-0.2, -0.15) is 0 Å². The third kappa shape index (κ3) is 4.81. The van der Waals surface area contributed by atoms with Crippen LogP contribution < -0.4 is 14.8 Å². The molecule has 0 spiro atoms. The van der Waals surface area contributed by atoms with Gasteiger partial charge in [0.2, 0.25) is 5.91 Å². The molecule has 0 aliphatic carbocycles. The summed E-state index contributed by atoms with van der Waals surface area (Å²) < 4.78 is 11.6. The maximum Gasteiger partial charge on any atom is 0.234 e. The second-order valence-corrected chi connectivity index (χ2v) is 6.65. The molecule has 0 aliphatic heterocycles. The summed E-state index contributed by atoms with van der Waals surface area (Å²) in [6.07, 6.45) is 0. The Morgan fingerprint density at radius 2 is 1.77 bits per heavy atom. The molecule has 2 aromatic rings. The molecule has 0 unspecified atom stereocenters. The molecule has 0 aromatic heterocycles. The summed E-state index contributed by atoms with van der Waals surface area (Å²) in [5, 5.41) is 2.87. The summed E-state index contributed by atoms with van der Waals surface area (Å²) >= 11 is 3.68. The van der Waals surface area contributed by atoms with Gasteiger partial charge in [0, 0.05) is 14.2 Å². The number of thioether (sulfide) groups is 1. The molecule has 22 heavy (non-hydrogen) atoms. The predicted molar refractivity (Wildman–Crippen MR) is 98.1 cm³/mol. The van der Waals surface area contributed by atoms with E-state index < -0.39 is 0 Å². The maximum atomic E-state index is 12.0. The van der Waals surface area contributed by atoms with Gasteiger partial charge in [-0.05, 0) is 65.1 Å². The van der Waals surface area contributed by atoms with E-state index in [0.29, 0.717) is 17.3 Å². The lowest BCUT2D eigenvalue weighted by Crippen LogP contribution is -2.13. The molecule has 0 aliphatic rings. The SMILES string of the molecule is COc1ccc(SCC(=O)Nc2ccc(I)cc2)cc1OC. The van der Waals surface area contributed by atoms with E-state index in [0.717, 1.165) is 14.2 Å². The number of amides is 1. The number of anilines is 1. The fourth-order valence-electron chi connectivity index (χ4n) is 1.79. The van der Waals surface area contributed by atoms with Gasteiger partial charge in [0.05, 0.1) is 20.0 Å². The summed E-state index contributed by atoms with van der Waals surface area (Å²) in [4.78, 5) is 12.9. The molecular formula is C16H16INO3S. The first-order chi connectivity index (χ1) is 10.6. The Balaban J connectivity index is 1.92. The van der Waals surface area contributed by atoms with Crippen molar-refractivity contribution in [1.82, 2.24) is 0 Å². The highest BCUT2D eigenvalue weighted by atomic mass is 127. The van der Waals surface area contributed by atoms with Crippen molar-refractivity contribution >= 4 is 45.9 Å². The topological polar surface area (TPSA) is 47.6 Å². The number of carbonyl (C=O) groups is 1. The zero-order valence-corrected chi connectivity index (χ0v) is 15.2. The molecule has 1 amide bonds. The molecule has 1 N–H and O–H groups in total. The van der Waals surface area contributed by atoms with E-state index in [-0.39, 0.29) is 5.91 Å². The van der Waals surface area contributed by atoms with Crippen LogP contribution in [0.3, 0.4) is 0 Å². The highest BCUT2D eigenvalue weighted by molar-refractivity contribution is 14.1. The van der Waals surface area contributed by atoms with Crippen molar-refractivity contribution in [2.45, 2.75) is 4.90 Å². The van der Waals surface area contributed by atoms with E-state index in [2.05, 4.69) is 27.9 Å². The van der Waals surface area contributed by atoms with Crippen LogP contribution >= 0.6 is 34.4 Å². The first-order valence-electron chi connectivity index (χ1n) is 6.52. The van der Waals surface area contributed by atoms with Gasteiger partial charge in [-0.3, -0.25) is 4.79 Å². The summed E-state index contributed by atoms with van der Waals surface area (Å²) in [5.74, 6) is 1.63. The van der Waals surface area contributed by atoms with Crippen molar-refractivity contribution in [2.24, 2.45) is 0 Å². The van der Waals surface area contributed by atoms with Crippen molar-refractivity contribution in [3.63, 3.8) is 0 Å². The quantitative estimate of drug-likeness (QED) is 0.557. The third-order valence-electron chi connectivity index (χ3n) is 2.85. The van der Waals surface area contributed by atoms with Crippen LogP contribution in [0.25, 0.3) is 0 Å². The Labute approximate surface area is 147 Å². The summed E-state index contributed by atoms with van der Waals surface area (Å²) in [6, 6.07) is 13.3. The van der Waals surface area contributed by atoms with Crippen LogP contribution in [-0.4, -0.2) is 25.9 Å². The zero-order valence-electron chi connectivity index (χ0n) is 12.3. The lowest BCUT2D eigenvalue weighted by atomic mass is 10.3. The molecule has 0 heterocycles. The zero-order chi connectivity index (χ0) is 15.9. The smallest absolute Gasteiger partial charge is 0.234 e. The van der Waals surface area contributed by atoms with Crippen LogP contribution in [0.15, 0.2) is 47.4 Å². The van der Waals surface area contributed by atoms with E-state index >= 15 is 0 Å². The van der Waals surface area contributed by atoms with Gasteiger partial charge < -0.3 is 14.8 Å². The minimum Gasteiger partial charge on any atom is -0.493 e. The fraction of sp³-hybridized carbons (Fsp3) is 0.188. The van der Waals surface area contributed by atoms with Gasteiger partial charge in [0.1, 0.15) is 0 Å². The number of benzene rings is 2. The number of methoxy groups -OCH3 is 2. The van der Waals surface area contributed by atoms with Crippen LogP contribution in [-0.2, 0) is 4.79 Å². The summed E-state index contributed by atoms with van der Waals surface area (Å²) in [5.41, 5.74) is 0.804. The highest BCUT2D eigenvalue weighted by Crippen LogP contribution is 2.31. The predicted octanol–water partition coefficient (Wildman–Crippen LogP) is 4.04. The molecule has 0 saturated carbocycles. The molecular weight excluding hydrogens is 413 g/mol. The molecule has 116 valence electrons. The average molecular weight is 429 g/mol. The molecule has 4 nitrogen and oxygen atoms in total. The third-order valence-corrected chi connectivity index (χ3v) is 4.57. The van der Waals surface area contributed by atoms with Gasteiger partial charge in [-0.15, -0.1) is 11.8 Å². The van der Waals surface area contributed by atoms with Crippen LogP contribution in [0.5, 0.6) is 11.5 Å². The van der Waals surface area contributed by atoms with Gasteiger partial charge in [-0.25, -0.2) is 0 Å². The normalized spacial score (nSPS) is 10.1. The van der Waals surface area contributed by atoms with Crippen LogP contribution in [0.2, 0.25) is 0 Å². The molecule has 0 atom stereocenters. The van der Waals surface area contributed by atoms with Gasteiger partial charge in [-0.1, -0.05) is 0 Å². The highest BCUT2D eigenvalue weighted by Gasteiger charge is 2.07. The van der Waals surface area contributed by atoms with Crippen molar-refractivity contribution in [3.05, 3.63) is 46.0 Å². The first-order valence-corrected chi connectivity index (χ1v) is 8.59. The Kier molecular flexibility index (Phi) is 6.38. The Bertz CT molecular complexity index is 646. The Morgan fingerprint density at radius 1 is 1.09 bits per heavy atom. The molecule has 0 bridgehead atoms. The summed E-state index contributed by atoms with van der Waals surface area (Å²) in [7, 11) is 3.19. The second-order valence-electron chi connectivity index (χ2n) is 4.36. The largest absolute Gasteiger partial charge is 0.493 e. The maximum absolute atomic E-state index is 12.0. The van der Waals surface area contributed by atoms with Gasteiger partial charge in [0.25, 0.3) is 0 Å². The van der Waals surface area contributed by atoms with E-state index in [1.54, 1.807) is 14.2 Å². The number of hydrogen-bond acceptors (Lipinski definition) is 4. The first kappa shape index (κ1) is 17.0. The number of halogens is 1. The molecule has 2 aromatic carbocycles. The minimum absolute atomic E-state index is 0.0407. The van der Waals surface area contributed by atoms with Crippen LogP contribution in [0.4, 0.5) is 5.69 Å². The van der Waals surface area contributed by atoms with Gasteiger partial charge in [0.15, 0.2) is 11.5 Å². The van der Waals surface area contributed by atoms with E-state index in [1.165, 1.54) is 11.8 Å². The molecule has 0 fully saturated rings. The van der Waals surface area contributed by atoms with E-state index in [1.807, 2.05) is 42.5 Å². The van der Waals surface area contributed by atoms with Crippen molar-refractivity contribution < 1.29 is 14.3 Å². The molecule has 2 rings (SSSR count). The minimum atomic E-state index is -0.0407. The molecule has 0 saturated heterocycles. The number of carbonyl (C=O) groups excluding carboxylic acids is 1. The lowest BCUT2D eigenvalue weighted by Gasteiger charge is -2.09. The van der Waals surface area contributed by atoms with Crippen LogP contribution in [0.1, 0.15) is 0 Å². The standard InChI is InChI=1S/C16H16INO3S/c1-20-14-8-7-13(9-15(14)21-2)22-10-16(19)18-12-5-3-11(17)4-6-12/h3-9H,10H2,1-2H3,(H,18,19). The molecule has 0 radical (unpaired) electrons. The fourth-order valence-corrected chi connectivity index (χ4v) is 2.87. The number of hydrogen-bond donors (Lipinski definition) is 1. The van der Waals surface area contributed by atoms with Crippen molar-refractivity contribution in [2.75, 3.05) is 25.3 Å². The second kappa shape index (κ2) is 8.28. The Hall–Kier alpha value is -1.41. The summed E-state index contributed by atoms with van der Waals surface area (Å²) in [6.45, 7) is 0. The van der Waals surface area contributed by atoms with Crippen LogP contribution in [0, 0.1) is 3.57 Å². The number of rotatable bonds is 6. The molecule has 6 heteroatoms. The van der Waals surface area contributed by atoms with E-state index in [9.17, 15) is 4.79 Å². The van der Waals surface area contributed by atoms with E-state index in [4.69, 9.17) is 9.47 Å². The lowest BCUT2D eigenvalue weighted by molar-refractivity contribution is -0.113.